The first-order valence-corrected chi connectivity index (χ1v) is 15.6. The summed E-state index contributed by atoms with van der Waals surface area (Å²) in [5.41, 5.74) is -0.0150. The molecule has 0 unspecified atom stereocenters. The number of hydrogen-bond donors (Lipinski definition) is 2. The predicted octanol–water partition coefficient (Wildman–Crippen LogP) is 6.09. The topological polar surface area (TPSA) is 136 Å². The molecule has 1 aliphatic rings. The molecule has 14 heteroatoms. The molecular weight excluding hydrogens is 587 g/mol. The molecule has 4 rings (SSSR count). The van der Waals surface area contributed by atoms with Crippen LogP contribution in [0.3, 0.4) is 0 Å². The van der Waals surface area contributed by atoms with Gasteiger partial charge in [0, 0.05) is 31.5 Å². The highest BCUT2D eigenvalue weighted by atomic mass is 35.5. The second kappa shape index (κ2) is 13.1. The van der Waals surface area contributed by atoms with Crippen LogP contribution in [0.15, 0.2) is 42.7 Å². The summed E-state index contributed by atoms with van der Waals surface area (Å²) >= 11 is 6.24. The first-order valence-electron chi connectivity index (χ1n) is 13.5. The van der Waals surface area contributed by atoms with Crippen molar-refractivity contribution in [3.63, 3.8) is 0 Å². The molecule has 1 fully saturated rings. The van der Waals surface area contributed by atoms with E-state index < -0.39 is 21.4 Å². The van der Waals surface area contributed by atoms with E-state index in [0.29, 0.717) is 36.7 Å². The lowest BCUT2D eigenvalue weighted by Gasteiger charge is -2.34. The van der Waals surface area contributed by atoms with E-state index in [4.69, 9.17) is 21.1 Å². The van der Waals surface area contributed by atoms with Crippen LogP contribution in [0.5, 0.6) is 11.6 Å². The van der Waals surface area contributed by atoms with E-state index in [2.05, 4.69) is 25.0 Å². The van der Waals surface area contributed by atoms with Gasteiger partial charge < -0.3 is 19.7 Å². The van der Waals surface area contributed by atoms with E-state index >= 15 is 4.39 Å². The standard InChI is InChI=1S/C28H34ClFN6O5S/c1-5-16-42(38,39)35-22-11-10-20(29)24(23(22)30)40-25-19(9-6-13-31-25)21-12-14-32-26(34-21)33-18-8-7-15-36(17-18)27(37)41-28(2,3)4/h6,9-14,18,35H,5,7-8,15-17H2,1-4H3,(H,32,33,34)/t18-/m0/s1. The molecule has 42 heavy (non-hydrogen) atoms. The zero-order chi connectivity index (χ0) is 30.5. The van der Waals surface area contributed by atoms with Gasteiger partial charge in [0.25, 0.3) is 0 Å². The highest BCUT2D eigenvalue weighted by molar-refractivity contribution is 7.92. The summed E-state index contributed by atoms with van der Waals surface area (Å²) in [5, 5.41) is 3.22. The number of ether oxygens (including phenoxy) is 2. The van der Waals surface area contributed by atoms with Crippen LogP contribution in [0.25, 0.3) is 11.3 Å². The summed E-state index contributed by atoms with van der Waals surface area (Å²) in [6, 6.07) is 7.48. The molecule has 0 aliphatic carbocycles. The number of hydrogen-bond acceptors (Lipinski definition) is 9. The number of anilines is 2. The van der Waals surface area contributed by atoms with E-state index in [1.807, 2.05) is 20.8 Å². The smallest absolute Gasteiger partial charge is 0.410 e. The van der Waals surface area contributed by atoms with E-state index in [1.165, 1.54) is 18.3 Å². The van der Waals surface area contributed by atoms with Crippen LogP contribution >= 0.6 is 11.6 Å². The van der Waals surface area contributed by atoms with Gasteiger partial charge in [0.05, 0.1) is 27.7 Å². The average Bonchev–Trinajstić information content (AvgIpc) is 2.92. The van der Waals surface area contributed by atoms with E-state index in [1.54, 1.807) is 36.2 Å². The van der Waals surface area contributed by atoms with Gasteiger partial charge in [-0.05, 0) is 70.4 Å². The van der Waals surface area contributed by atoms with Gasteiger partial charge >= 0.3 is 6.09 Å². The largest absolute Gasteiger partial charge is 0.444 e. The number of amides is 1. The van der Waals surface area contributed by atoms with Crippen LogP contribution < -0.4 is 14.8 Å². The van der Waals surface area contributed by atoms with Crippen LogP contribution in [0.1, 0.15) is 47.0 Å². The summed E-state index contributed by atoms with van der Waals surface area (Å²) < 4.78 is 53.4. The van der Waals surface area contributed by atoms with Crippen LogP contribution in [0, 0.1) is 5.82 Å². The predicted molar refractivity (Wildman–Crippen MR) is 159 cm³/mol. The quantitative estimate of drug-likeness (QED) is 0.291. The Bertz CT molecular complexity index is 1540. The van der Waals surface area contributed by atoms with Crippen molar-refractivity contribution in [2.75, 3.05) is 28.9 Å². The number of piperidine rings is 1. The van der Waals surface area contributed by atoms with Crippen LogP contribution in [0.2, 0.25) is 5.02 Å². The maximum Gasteiger partial charge on any atom is 0.410 e. The van der Waals surface area contributed by atoms with Gasteiger partial charge in [0.1, 0.15) is 5.60 Å². The number of rotatable bonds is 9. The molecule has 1 atom stereocenters. The van der Waals surface area contributed by atoms with Gasteiger partial charge in [0.15, 0.2) is 11.6 Å². The second-order valence-corrected chi connectivity index (χ2v) is 13.0. The monoisotopic (exact) mass is 620 g/mol. The first kappa shape index (κ1) is 31.2. The number of likely N-dealkylation sites (tertiary alicyclic amines) is 1. The minimum atomic E-state index is -3.75. The maximum absolute atomic E-state index is 15.4. The van der Waals surface area contributed by atoms with E-state index in [9.17, 15) is 13.2 Å². The lowest BCUT2D eigenvalue weighted by Crippen LogP contribution is -2.47. The summed E-state index contributed by atoms with van der Waals surface area (Å²) in [4.78, 5) is 27.4. The Morgan fingerprint density at radius 2 is 1.98 bits per heavy atom. The number of halogens is 2. The highest BCUT2D eigenvalue weighted by Crippen LogP contribution is 2.38. The Balaban J connectivity index is 1.54. The van der Waals surface area contributed by atoms with Gasteiger partial charge in [-0.2, -0.15) is 0 Å². The van der Waals surface area contributed by atoms with Crippen molar-refractivity contribution in [1.82, 2.24) is 19.9 Å². The van der Waals surface area contributed by atoms with Crippen molar-refractivity contribution in [1.29, 1.82) is 0 Å². The number of nitrogens with zero attached hydrogens (tertiary/aromatic N) is 4. The lowest BCUT2D eigenvalue weighted by molar-refractivity contribution is 0.0206. The van der Waals surface area contributed by atoms with Crippen molar-refractivity contribution in [2.45, 2.75) is 58.6 Å². The summed E-state index contributed by atoms with van der Waals surface area (Å²) in [6.07, 6.45) is 4.62. The van der Waals surface area contributed by atoms with Crippen LogP contribution in [0.4, 0.5) is 20.8 Å². The van der Waals surface area contributed by atoms with Gasteiger partial charge in [0.2, 0.25) is 21.9 Å². The Morgan fingerprint density at radius 1 is 1.19 bits per heavy atom. The molecule has 3 aromatic rings. The lowest BCUT2D eigenvalue weighted by atomic mass is 10.1. The Hall–Kier alpha value is -3.71. The first-order chi connectivity index (χ1) is 19.8. The molecule has 0 bridgehead atoms. The Kier molecular flexibility index (Phi) is 9.72. The number of sulfonamides is 1. The molecule has 1 aromatic carbocycles. The molecule has 11 nitrogen and oxygen atoms in total. The fourth-order valence-electron chi connectivity index (χ4n) is 4.30. The number of nitrogens with one attached hydrogen (secondary N) is 2. The molecule has 0 saturated carbocycles. The minimum Gasteiger partial charge on any atom is -0.444 e. The normalized spacial score (nSPS) is 15.7. The van der Waals surface area contributed by atoms with Gasteiger partial charge in [-0.1, -0.05) is 18.5 Å². The summed E-state index contributed by atoms with van der Waals surface area (Å²) in [5.74, 6) is -1.19. The molecule has 1 saturated heterocycles. The van der Waals surface area contributed by atoms with Crippen molar-refractivity contribution in [3.8, 4) is 22.9 Å². The zero-order valence-electron chi connectivity index (χ0n) is 23.9. The fraction of sp³-hybridized carbons (Fsp3) is 0.429. The molecule has 0 spiro atoms. The third-order valence-corrected chi connectivity index (χ3v) is 7.87. The summed E-state index contributed by atoms with van der Waals surface area (Å²) in [6.45, 7) is 8.22. The minimum absolute atomic E-state index is 0.00489. The summed E-state index contributed by atoms with van der Waals surface area (Å²) in [7, 11) is -3.75. The van der Waals surface area contributed by atoms with Crippen LogP contribution in [-0.2, 0) is 14.8 Å². The van der Waals surface area contributed by atoms with E-state index in [0.717, 1.165) is 12.8 Å². The van der Waals surface area contributed by atoms with Gasteiger partial charge in [-0.3, -0.25) is 4.72 Å². The Morgan fingerprint density at radius 3 is 2.71 bits per heavy atom. The van der Waals surface area contributed by atoms with Crippen molar-refractivity contribution < 1.29 is 27.1 Å². The maximum atomic E-state index is 15.4. The Labute approximate surface area is 249 Å². The fourth-order valence-corrected chi connectivity index (χ4v) is 5.62. The van der Waals surface area contributed by atoms with Crippen LogP contribution in [-0.4, -0.2) is 64.8 Å². The third kappa shape index (κ3) is 8.19. The SMILES string of the molecule is CCCS(=O)(=O)Nc1ccc(Cl)c(Oc2ncccc2-c2ccnc(N[C@H]3CCCN(C(=O)OC(C)(C)C)C3)n2)c1F. The second-order valence-electron chi connectivity index (χ2n) is 10.8. The molecular formula is C28H34ClFN6O5S. The number of pyridine rings is 1. The zero-order valence-corrected chi connectivity index (χ0v) is 25.4. The molecule has 2 N–H and O–H groups in total. The number of carbonyl (C=O) groups excluding carboxylic acids is 1. The molecule has 226 valence electrons. The number of benzene rings is 1. The molecule has 1 aliphatic heterocycles. The molecule has 1 amide bonds. The number of carbonyl (C=O) groups is 1. The highest BCUT2D eigenvalue weighted by Gasteiger charge is 2.28. The van der Waals surface area contributed by atoms with Crippen molar-refractivity contribution in [3.05, 3.63) is 53.6 Å². The third-order valence-electron chi connectivity index (χ3n) is 6.10. The van der Waals surface area contributed by atoms with Gasteiger partial charge in [-0.15, -0.1) is 0 Å². The van der Waals surface area contributed by atoms with Gasteiger partial charge in [-0.25, -0.2) is 32.6 Å². The molecule has 3 heterocycles. The van der Waals surface area contributed by atoms with Crippen molar-refractivity contribution >= 4 is 39.4 Å². The number of aromatic nitrogens is 3. The van der Waals surface area contributed by atoms with Crippen molar-refractivity contribution in [2.24, 2.45) is 0 Å². The molecule has 0 radical (unpaired) electrons. The molecule has 2 aromatic heterocycles. The van der Waals surface area contributed by atoms with E-state index in [-0.39, 0.29) is 40.2 Å². The average molecular weight is 621 g/mol.